The summed E-state index contributed by atoms with van der Waals surface area (Å²) < 4.78 is 27.2. The van der Waals surface area contributed by atoms with Gasteiger partial charge in [0.25, 0.3) is 9.05 Å². The number of ether oxygens (including phenoxy) is 1. The van der Waals surface area contributed by atoms with E-state index < -0.39 is 9.05 Å². The topological polar surface area (TPSA) is 63.7 Å². The van der Waals surface area contributed by atoms with Gasteiger partial charge in [0.05, 0.1) is 6.42 Å². The summed E-state index contributed by atoms with van der Waals surface area (Å²) in [7, 11) is 4.85. The van der Waals surface area contributed by atoms with E-state index in [9.17, 15) is 13.2 Å². The number of methoxy groups -OCH3 is 1. The Morgan fingerprint density at radius 1 is 1.47 bits per heavy atom. The molecule has 0 radical (unpaired) electrons. The fourth-order valence-corrected chi connectivity index (χ4v) is 3.55. The highest BCUT2D eigenvalue weighted by atomic mass is 35.7. The van der Waals surface area contributed by atoms with Crippen LogP contribution in [0.4, 0.5) is 0 Å². The van der Waals surface area contributed by atoms with Gasteiger partial charge in [-0.1, -0.05) is 0 Å². The first kappa shape index (κ1) is 16.4. The van der Waals surface area contributed by atoms with E-state index in [1.165, 1.54) is 6.07 Å². The quantitative estimate of drug-likeness (QED) is 0.565. The molecule has 0 aliphatic carbocycles. The standard InChI is InChI=1S/C11H16ClNO4S2/c1-13(6-3-7-17-2)10(14)8-9-4-5-11(18-9)19(12,15)16/h4-5H,3,6-8H2,1-2H3. The second kappa shape index (κ2) is 7.23. The van der Waals surface area contributed by atoms with Crippen LogP contribution >= 0.6 is 22.0 Å². The van der Waals surface area contributed by atoms with E-state index in [-0.39, 0.29) is 16.5 Å². The van der Waals surface area contributed by atoms with Crippen molar-refractivity contribution >= 4 is 37.0 Å². The molecule has 1 rings (SSSR count). The Morgan fingerprint density at radius 3 is 2.68 bits per heavy atom. The Bertz CT molecular complexity index is 527. The Labute approximate surface area is 121 Å². The smallest absolute Gasteiger partial charge is 0.270 e. The van der Waals surface area contributed by atoms with Crippen LogP contribution in [0.15, 0.2) is 16.3 Å². The average molecular weight is 326 g/mol. The van der Waals surface area contributed by atoms with Crippen molar-refractivity contribution in [1.29, 1.82) is 0 Å². The molecule has 1 aromatic rings. The molecule has 0 atom stereocenters. The molecule has 0 aliphatic rings. The summed E-state index contributed by atoms with van der Waals surface area (Å²) in [5.41, 5.74) is 0. The van der Waals surface area contributed by atoms with Gasteiger partial charge in [0.1, 0.15) is 4.21 Å². The van der Waals surface area contributed by atoms with E-state index in [1.54, 1.807) is 25.1 Å². The first-order valence-corrected chi connectivity index (χ1v) is 8.73. The van der Waals surface area contributed by atoms with Crippen molar-refractivity contribution < 1.29 is 17.9 Å². The van der Waals surface area contributed by atoms with Crippen molar-refractivity contribution in [2.45, 2.75) is 17.1 Å². The van der Waals surface area contributed by atoms with Gasteiger partial charge in [-0.05, 0) is 18.6 Å². The van der Waals surface area contributed by atoms with Crippen molar-refractivity contribution in [3.63, 3.8) is 0 Å². The van der Waals surface area contributed by atoms with Gasteiger partial charge in [0.15, 0.2) is 0 Å². The monoisotopic (exact) mass is 325 g/mol. The van der Waals surface area contributed by atoms with E-state index in [1.807, 2.05) is 0 Å². The maximum absolute atomic E-state index is 11.9. The molecular formula is C11H16ClNO4S2. The molecule has 1 heterocycles. The number of carbonyl (C=O) groups excluding carboxylic acids is 1. The number of thiophene rings is 1. The Morgan fingerprint density at radius 2 is 2.16 bits per heavy atom. The lowest BCUT2D eigenvalue weighted by Gasteiger charge is -2.16. The highest BCUT2D eigenvalue weighted by Crippen LogP contribution is 2.25. The van der Waals surface area contributed by atoms with Gasteiger partial charge in [-0.2, -0.15) is 0 Å². The third-order valence-corrected chi connectivity index (χ3v) is 5.65. The third kappa shape index (κ3) is 5.48. The predicted octanol–water partition coefficient (Wildman–Crippen LogP) is 1.71. The molecule has 0 fully saturated rings. The summed E-state index contributed by atoms with van der Waals surface area (Å²) in [6.07, 6.45) is 0.949. The first-order valence-electron chi connectivity index (χ1n) is 5.61. The lowest BCUT2D eigenvalue weighted by atomic mass is 10.3. The van der Waals surface area contributed by atoms with Crippen LogP contribution in [-0.2, 0) is 25.0 Å². The van der Waals surface area contributed by atoms with Crippen LogP contribution < -0.4 is 0 Å². The normalized spacial score (nSPS) is 11.5. The minimum absolute atomic E-state index is 0.0588. The van der Waals surface area contributed by atoms with E-state index in [4.69, 9.17) is 15.4 Å². The van der Waals surface area contributed by atoms with Crippen LogP contribution in [-0.4, -0.2) is 46.5 Å². The molecular weight excluding hydrogens is 310 g/mol. The minimum Gasteiger partial charge on any atom is -0.385 e. The molecule has 19 heavy (non-hydrogen) atoms. The Balaban J connectivity index is 2.55. The number of amides is 1. The molecule has 0 aliphatic heterocycles. The molecule has 0 N–H and O–H groups in total. The maximum Gasteiger partial charge on any atom is 0.270 e. The zero-order valence-electron chi connectivity index (χ0n) is 10.8. The largest absolute Gasteiger partial charge is 0.385 e. The SMILES string of the molecule is COCCCN(C)C(=O)Cc1ccc(S(=O)(=O)Cl)s1. The molecule has 0 unspecified atom stereocenters. The molecule has 5 nitrogen and oxygen atoms in total. The summed E-state index contributed by atoms with van der Waals surface area (Å²) in [4.78, 5) is 14.2. The summed E-state index contributed by atoms with van der Waals surface area (Å²) >= 11 is 1.02. The van der Waals surface area contributed by atoms with Crippen molar-refractivity contribution in [2.75, 3.05) is 27.3 Å². The number of nitrogens with zero attached hydrogens (tertiary/aromatic N) is 1. The highest BCUT2D eigenvalue weighted by molar-refractivity contribution is 8.15. The van der Waals surface area contributed by atoms with Crippen molar-refractivity contribution in [3.05, 3.63) is 17.0 Å². The van der Waals surface area contributed by atoms with Crippen LogP contribution in [0.1, 0.15) is 11.3 Å². The first-order chi connectivity index (χ1) is 8.84. The van der Waals surface area contributed by atoms with Crippen molar-refractivity contribution in [2.24, 2.45) is 0 Å². The molecule has 1 amide bonds. The molecule has 8 heteroatoms. The second-order valence-corrected chi connectivity index (χ2v) is 7.96. The van der Waals surface area contributed by atoms with Crippen LogP contribution in [0.5, 0.6) is 0 Å². The van der Waals surface area contributed by atoms with Gasteiger partial charge in [-0.3, -0.25) is 4.79 Å². The molecule has 0 saturated heterocycles. The van der Waals surface area contributed by atoms with Crippen LogP contribution in [0.3, 0.4) is 0 Å². The molecule has 0 bridgehead atoms. The number of rotatable bonds is 7. The molecule has 1 aromatic heterocycles. The number of likely N-dealkylation sites (N-methyl/N-ethyl adjacent to an activating group) is 1. The highest BCUT2D eigenvalue weighted by Gasteiger charge is 2.16. The van der Waals surface area contributed by atoms with Gasteiger partial charge < -0.3 is 9.64 Å². The number of hydrogen-bond acceptors (Lipinski definition) is 5. The zero-order chi connectivity index (χ0) is 14.5. The molecule has 0 aromatic carbocycles. The Kier molecular flexibility index (Phi) is 6.25. The van der Waals surface area contributed by atoms with Crippen molar-refractivity contribution in [3.8, 4) is 0 Å². The fraction of sp³-hybridized carbons (Fsp3) is 0.545. The number of hydrogen-bond donors (Lipinski definition) is 0. The van der Waals surface area contributed by atoms with E-state index in [0.29, 0.717) is 18.0 Å². The predicted molar refractivity (Wildman–Crippen MR) is 75.2 cm³/mol. The molecule has 0 saturated carbocycles. The van der Waals surface area contributed by atoms with Crippen molar-refractivity contribution in [1.82, 2.24) is 4.90 Å². The summed E-state index contributed by atoms with van der Waals surface area (Å²) in [6.45, 7) is 1.21. The Hall–Kier alpha value is -0.630. The fourth-order valence-electron chi connectivity index (χ4n) is 1.44. The van der Waals surface area contributed by atoms with Gasteiger partial charge in [0, 0.05) is 42.9 Å². The average Bonchev–Trinajstić information content (AvgIpc) is 2.77. The molecule has 108 valence electrons. The molecule has 0 spiro atoms. The van der Waals surface area contributed by atoms with Gasteiger partial charge in [0.2, 0.25) is 5.91 Å². The van der Waals surface area contributed by atoms with Gasteiger partial charge in [-0.15, -0.1) is 11.3 Å². The summed E-state index contributed by atoms with van der Waals surface area (Å²) in [6, 6.07) is 3.03. The van der Waals surface area contributed by atoms with Gasteiger partial charge >= 0.3 is 0 Å². The van der Waals surface area contributed by atoms with Crippen LogP contribution in [0, 0.1) is 0 Å². The van der Waals surface area contributed by atoms with E-state index >= 15 is 0 Å². The minimum atomic E-state index is -3.71. The lowest BCUT2D eigenvalue weighted by molar-refractivity contribution is -0.129. The van der Waals surface area contributed by atoms with E-state index in [0.717, 1.165) is 17.8 Å². The van der Waals surface area contributed by atoms with Crippen LogP contribution in [0.25, 0.3) is 0 Å². The lowest BCUT2D eigenvalue weighted by Crippen LogP contribution is -2.29. The van der Waals surface area contributed by atoms with E-state index in [2.05, 4.69) is 0 Å². The maximum atomic E-state index is 11.9. The second-order valence-electron chi connectivity index (χ2n) is 4.00. The number of carbonyl (C=O) groups is 1. The van der Waals surface area contributed by atoms with Gasteiger partial charge in [-0.25, -0.2) is 8.42 Å². The number of halogens is 1. The summed E-state index contributed by atoms with van der Waals surface area (Å²) in [5, 5.41) is 0. The third-order valence-electron chi connectivity index (χ3n) is 2.47. The van der Waals surface area contributed by atoms with Crippen LogP contribution in [0.2, 0.25) is 0 Å². The zero-order valence-corrected chi connectivity index (χ0v) is 13.1. The summed E-state index contributed by atoms with van der Waals surface area (Å²) in [5.74, 6) is -0.0588.